The van der Waals surface area contributed by atoms with Crippen LogP contribution in [0.15, 0.2) is 17.9 Å². The molecule has 2 heteroatoms. The number of Topliss-reactive ketones (excluding diaryl/α,β-unsaturated/α-hetero) is 1. The van der Waals surface area contributed by atoms with E-state index in [2.05, 4.69) is 12.1 Å². The Hall–Kier alpha value is -1.57. The third kappa shape index (κ3) is 2.12. The molecule has 17 heavy (non-hydrogen) atoms. The molecule has 0 amide bonds. The second-order valence-corrected chi connectivity index (χ2v) is 4.87. The van der Waals surface area contributed by atoms with Crippen molar-refractivity contribution >= 4 is 11.4 Å². The molecule has 1 N–H and O–H groups in total. The fourth-order valence-electron chi connectivity index (χ4n) is 2.69. The Morgan fingerprint density at radius 3 is 2.18 bits per heavy atom. The molecule has 1 aromatic rings. The van der Waals surface area contributed by atoms with Gasteiger partial charge in [0.2, 0.25) is 0 Å². The maximum atomic E-state index is 12.0. The van der Waals surface area contributed by atoms with Gasteiger partial charge in [-0.05, 0) is 43.9 Å². The monoisotopic (exact) mass is 230 g/mol. The minimum Gasteiger partial charge on any atom is -0.512 e. The number of carbonyl (C=O) groups excluding carboxylic acids is 1. The van der Waals surface area contributed by atoms with Crippen LogP contribution in [0.4, 0.5) is 0 Å². The molecule has 0 heterocycles. The molecule has 0 saturated heterocycles. The van der Waals surface area contributed by atoms with Gasteiger partial charge in [0.25, 0.3) is 0 Å². The van der Waals surface area contributed by atoms with Gasteiger partial charge in [0.15, 0.2) is 5.78 Å². The molecule has 0 radical (unpaired) electrons. The smallest absolute Gasteiger partial charge is 0.166 e. The minimum absolute atomic E-state index is 0.0730. The van der Waals surface area contributed by atoms with Gasteiger partial charge >= 0.3 is 0 Å². The van der Waals surface area contributed by atoms with Crippen molar-refractivity contribution in [1.29, 1.82) is 0 Å². The van der Waals surface area contributed by atoms with Crippen molar-refractivity contribution in [3.05, 3.63) is 40.1 Å². The number of ketones is 1. The van der Waals surface area contributed by atoms with Crippen molar-refractivity contribution < 1.29 is 9.90 Å². The first kappa shape index (κ1) is 11.9. The maximum absolute atomic E-state index is 12.0. The Morgan fingerprint density at radius 2 is 1.65 bits per heavy atom. The molecule has 0 saturated carbocycles. The third-order valence-corrected chi connectivity index (χ3v) is 3.31. The molecule has 0 aromatic heterocycles. The number of benzene rings is 1. The van der Waals surface area contributed by atoms with Crippen molar-refractivity contribution in [3.63, 3.8) is 0 Å². The largest absolute Gasteiger partial charge is 0.512 e. The second-order valence-electron chi connectivity index (χ2n) is 4.87. The van der Waals surface area contributed by atoms with E-state index < -0.39 is 0 Å². The Morgan fingerprint density at radius 1 is 1.06 bits per heavy atom. The van der Waals surface area contributed by atoms with E-state index in [9.17, 15) is 9.90 Å². The minimum atomic E-state index is 0.0730. The van der Waals surface area contributed by atoms with Crippen LogP contribution in [0.1, 0.15) is 41.5 Å². The normalized spacial score (nSPS) is 16.5. The highest BCUT2D eigenvalue weighted by Crippen LogP contribution is 2.32. The zero-order valence-electron chi connectivity index (χ0n) is 10.6. The highest BCUT2D eigenvalue weighted by atomic mass is 16.3. The third-order valence-electron chi connectivity index (χ3n) is 3.31. The van der Waals surface area contributed by atoms with Gasteiger partial charge in [0.05, 0.1) is 5.57 Å². The zero-order valence-corrected chi connectivity index (χ0v) is 10.6. The van der Waals surface area contributed by atoms with Gasteiger partial charge in [0, 0.05) is 12.8 Å². The summed E-state index contributed by atoms with van der Waals surface area (Å²) in [7, 11) is 0. The number of aliphatic hydroxyl groups excluding tert-OH is 1. The Kier molecular flexibility index (Phi) is 3.05. The molecule has 0 bridgehead atoms. The molecule has 1 aliphatic rings. The number of allylic oxidation sites excluding steroid dienone is 2. The lowest BCUT2D eigenvalue weighted by Gasteiger charge is -2.19. The van der Waals surface area contributed by atoms with Crippen molar-refractivity contribution in [3.8, 4) is 0 Å². The van der Waals surface area contributed by atoms with Crippen LogP contribution >= 0.6 is 0 Å². The van der Waals surface area contributed by atoms with Gasteiger partial charge in [-0.15, -0.1) is 0 Å². The first-order chi connectivity index (χ1) is 8.00. The van der Waals surface area contributed by atoms with E-state index in [4.69, 9.17) is 0 Å². The molecule has 0 aliphatic heterocycles. The molecule has 0 fully saturated rings. The molecule has 2 nitrogen and oxygen atoms in total. The van der Waals surface area contributed by atoms with Crippen LogP contribution in [-0.4, -0.2) is 10.9 Å². The molecule has 1 aromatic carbocycles. The molecular formula is C15H18O2. The zero-order chi connectivity index (χ0) is 12.6. The average Bonchev–Trinajstić information content (AvgIpc) is 2.21. The molecule has 90 valence electrons. The lowest BCUT2D eigenvalue weighted by molar-refractivity contribution is -0.114. The number of aliphatic hydroxyl groups is 1. The molecule has 0 unspecified atom stereocenters. The summed E-state index contributed by atoms with van der Waals surface area (Å²) in [5.74, 6) is 0.333. The summed E-state index contributed by atoms with van der Waals surface area (Å²) in [6.07, 6.45) is 1.93. The average molecular weight is 230 g/mol. The van der Waals surface area contributed by atoms with Crippen molar-refractivity contribution in [2.45, 2.75) is 40.0 Å². The van der Waals surface area contributed by atoms with Crippen LogP contribution in [0.25, 0.3) is 5.57 Å². The number of aryl methyl sites for hydroxylation is 3. The Labute approximate surface area is 102 Å². The summed E-state index contributed by atoms with van der Waals surface area (Å²) >= 11 is 0. The van der Waals surface area contributed by atoms with Gasteiger partial charge in [-0.2, -0.15) is 0 Å². The molecule has 0 atom stereocenters. The summed E-state index contributed by atoms with van der Waals surface area (Å²) in [5, 5.41) is 9.97. The van der Waals surface area contributed by atoms with Crippen LogP contribution in [-0.2, 0) is 4.79 Å². The van der Waals surface area contributed by atoms with E-state index in [-0.39, 0.29) is 11.5 Å². The first-order valence-corrected chi connectivity index (χ1v) is 6.04. The van der Waals surface area contributed by atoms with Crippen molar-refractivity contribution in [2.24, 2.45) is 0 Å². The van der Waals surface area contributed by atoms with E-state index in [1.807, 2.05) is 20.8 Å². The highest BCUT2D eigenvalue weighted by Gasteiger charge is 2.24. The van der Waals surface area contributed by atoms with Crippen LogP contribution in [0.5, 0.6) is 0 Å². The number of hydrogen-bond donors (Lipinski definition) is 1. The lowest BCUT2D eigenvalue weighted by Crippen LogP contribution is -2.12. The van der Waals surface area contributed by atoms with Gasteiger partial charge in [-0.3, -0.25) is 4.79 Å². The Bertz CT molecular complexity index is 487. The fraction of sp³-hybridized carbons (Fsp3) is 0.400. The van der Waals surface area contributed by atoms with E-state index in [1.165, 1.54) is 5.56 Å². The highest BCUT2D eigenvalue weighted by molar-refractivity contribution is 6.22. The molecule has 1 aliphatic carbocycles. The fourth-order valence-corrected chi connectivity index (χ4v) is 2.69. The predicted octanol–water partition coefficient (Wildman–Crippen LogP) is 3.63. The number of rotatable bonds is 1. The summed E-state index contributed by atoms with van der Waals surface area (Å²) in [6.45, 7) is 6.04. The lowest BCUT2D eigenvalue weighted by atomic mass is 9.85. The van der Waals surface area contributed by atoms with E-state index >= 15 is 0 Å². The summed E-state index contributed by atoms with van der Waals surface area (Å²) < 4.78 is 0. The van der Waals surface area contributed by atoms with Gasteiger partial charge in [0.1, 0.15) is 5.76 Å². The maximum Gasteiger partial charge on any atom is 0.166 e. The molecule has 0 spiro atoms. The summed E-state index contributed by atoms with van der Waals surface area (Å²) in [4.78, 5) is 12.0. The van der Waals surface area contributed by atoms with Gasteiger partial charge in [-0.1, -0.05) is 17.7 Å². The first-order valence-electron chi connectivity index (χ1n) is 6.04. The van der Waals surface area contributed by atoms with Crippen LogP contribution < -0.4 is 0 Å². The van der Waals surface area contributed by atoms with Crippen molar-refractivity contribution in [2.75, 3.05) is 0 Å². The van der Waals surface area contributed by atoms with Gasteiger partial charge < -0.3 is 5.11 Å². The van der Waals surface area contributed by atoms with Crippen LogP contribution in [0.3, 0.4) is 0 Å². The van der Waals surface area contributed by atoms with E-state index in [0.717, 1.165) is 23.1 Å². The standard InChI is InChI=1S/C15H18O2/c1-9-7-10(2)14(11(3)8-9)15-12(16)5-4-6-13(15)17/h7-8,16H,4-6H2,1-3H3. The molecular weight excluding hydrogens is 212 g/mol. The Balaban J connectivity index is 2.65. The van der Waals surface area contributed by atoms with Crippen LogP contribution in [0.2, 0.25) is 0 Å². The topological polar surface area (TPSA) is 37.3 Å². The van der Waals surface area contributed by atoms with E-state index in [1.54, 1.807) is 0 Å². The predicted molar refractivity (Wildman–Crippen MR) is 69.1 cm³/mol. The van der Waals surface area contributed by atoms with Crippen LogP contribution in [0, 0.1) is 20.8 Å². The van der Waals surface area contributed by atoms with E-state index in [0.29, 0.717) is 18.4 Å². The van der Waals surface area contributed by atoms with Crippen molar-refractivity contribution in [1.82, 2.24) is 0 Å². The summed E-state index contributed by atoms with van der Waals surface area (Å²) in [6, 6.07) is 4.12. The number of hydrogen-bond acceptors (Lipinski definition) is 2. The SMILES string of the molecule is Cc1cc(C)c(C2=C(O)CCCC2=O)c(C)c1. The van der Waals surface area contributed by atoms with Gasteiger partial charge in [-0.25, -0.2) is 0 Å². The quantitative estimate of drug-likeness (QED) is 0.799. The summed E-state index contributed by atoms with van der Waals surface area (Å²) in [5.41, 5.74) is 4.80. The number of carbonyl (C=O) groups is 1. The molecule has 2 rings (SSSR count). The second kappa shape index (κ2) is 4.36.